The van der Waals surface area contributed by atoms with Gasteiger partial charge in [-0.05, 0) is 171 Å². The lowest BCUT2D eigenvalue weighted by Gasteiger charge is -2.32. The summed E-state index contributed by atoms with van der Waals surface area (Å²) in [6.45, 7) is 17.9. The first kappa shape index (κ1) is 48.5. The summed E-state index contributed by atoms with van der Waals surface area (Å²) in [6, 6.07) is 76.7. The van der Waals surface area contributed by atoms with Crippen LogP contribution in [0.3, 0.4) is 0 Å². The number of benzene rings is 12. The second-order valence-corrected chi connectivity index (χ2v) is 22.0. The Hall–Kier alpha value is -9.12. The van der Waals surface area contributed by atoms with Gasteiger partial charge in [-0.3, -0.25) is 0 Å². The Morgan fingerprint density at radius 1 is 0.346 bits per heavy atom. The first-order valence-electron chi connectivity index (χ1n) is 27.4. The zero-order valence-electron chi connectivity index (χ0n) is 45.6. The molecule has 0 spiro atoms. The van der Waals surface area contributed by atoms with Crippen LogP contribution < -0.4 is 9.80 Å². The number of phenols is 1. The molecule has 1 heterocycles. The molecule has 0 aliphatic heterocycles. The molecule has 13 aromatic rings. The van der Waals surface area contributed by atoms with Crippen LogP contribution in [0.25, 0.3) is 87.6 Å². The summed E-state index contributed by atoms with van der Waals surface area (Å²) < 4.78 is 7.27. The predicted octanol–water partition coefficient (Wildman–Crippen LogP) is 21.6. The lowest BCUT2D eigenvalue weighted by atomic mass is 9.84. The highest BCUT2D eigenvalue weighted by molar-refractivity contribution is 6.30. The molecule has 0 saturated carbocycles. The predicted molar refractivity (Wildman–Crippen MR) is 332 cm³/mol. The fourth-order valence-corrected chi connectivity index (χ4v) is 12.4. The van der Waals surface area contributed by atoms with Crippen molar-refractivity contribution < 1.29 is 9.52 Å². The van der Waals surface area contributed by atoms with Crippen molar-refractivity contribution in [3.8, 4) is 39.1 Å². The van der Waals surface area contributed by atoms with Crippen molar-refractivity contribution in [2.75, 3.05) is 9.80 Å². The van der Waals surface area contributed by atoms with Crippen molar-refractivity contribution in [3.63, 3.8) is 0 Å². The number of hydrogen-bond acceptors (Lipinski definition) is 4. The van der Waals surface area contributed by atoms with Crippen LogP contribution >= 0.6 is 0 Å². The largest absolute Gasteiger partial charge is 0.505 e. The molecule has 0 atom stereocenters. The Morgan fingerprint density at radius 3 is 1.37 bits per heavy atom. The van der Waals surface area contributed by atoms with Gasteiger partial charge in [0, 0.05) is 44.0 Å². The monoisotopic (exact) mass is 1010 g/mol. The zero-order chi connectivity index (χ0) is 53.5. The van der Waals surface area contributed by atoms with Crippen LogP contribution in [0.2, 0.25) is 0 Å². The van der Waals surface area contributed by atoms with Crippen molar-refractivity contribution in [3.05, 3.63) is 246 Å². The molecule has 1 N–H and O–H groups in total. The quantitative estimate of drug-likeness (QED) is 0.131. The van der Waals surface area contributed by atoms with Gasteiger partial charge < -0.3 is 19.3 Å². The van der Waals surface area contributed by atoms with E-state index in [2.05, 4.69) is 271 Å². The molecular weight excluding hydrogens is 949 g/mol. The molecule has 0 radical (unpaired) electrons. The number of nitrogens with zero attached hydrogens (tertiary/aromatic N) is 2. The van der Waals surface area contributed by atoms with Gasteiger partial charge in [0.2, 0.25) is 0 Å². The van der Waals surface area contributed by atoms with Crippen molar-refractivity contribution in [1.29, 1.82) is 0 Å². The summed E-state index contributed by atoms with van der Waals surface area (Å²) in [5.74, 6) is 0.602. The summed E-state index contributed by atoms with van der Waals surface area (Å²) in [4.78, 5) is 4.75. The minimum atomic E-state index is 0.180. The fraction of sp³-hybridized carbons (Fsp3) is 0.135. The highest BCUT2D eigenvalue weighted by Gasteiger charge is 2.29. The van der Waals surface area contributed by atoms with Gasteiger partial charge in [-0.1, -0.05) is 185 Å². The normalized spacial score (nSPS) is 11.9. The molecule has 0 aliphatic carbocycles. The van der Waals surface area contributed by atoms with Crippen molar-refractivity contribution in [2.45, 2.75) is 67.2 Å². The Labute approximate surface area is 457 Å². The molecule has 0 fully saturated rings. The Balaban J connectivity index is 1.09. The van der Waals surface area contributed by atoms with Gasteiger partial charge in [0.05, 0.1) is 22.7 Å². The third-order valence-electron chi connectivity index (χ3n) is 16.2. The SMILES string of the molecule is Cc1cccc(N(c2cccc(-c3cccc(-c4ccccc4C)c3)c2O)c2cc(C(C)C)c3ccc4c(N(c5cccc(C)c5)c5cccc6c5oc5c(-c7ccccc7C)cccc56)cc(C(C)C)c5ccc2c3c54)c1. The van der Waals surface area contributed by atoms with Crippen molar-refractivity contribution in [2.24, 2.45) is 0 Å². The Bertz CT molecular complexity index is 4480. The standard InChI is InChI=1S/C74H62N2O2/c1-44(2)64-42-68(75(52-25-13-19-46(5)39-52)66-33-17-29-56(72(66)77)51-24-15-23-50(41-51)54-27-11-9-21-48(54)7)62-37-35-58-65(45(3)4)43-69(63-38-36-57(64)70(62)71(58)63)76(53-26-14-20-47(6)40-53)67-34-18-32-61-60-31-16-30-59(73(60)78-74(61)67)55-28-12-10-22-49(55)8/h9-45,77H,1-8H3. The van der Waals surface area contributed by atoms with E-state index < -0.39 is 0 Å². The second-order valence-electron chi connectivity index (χ2n) is 22.0. The maximum atomic E-state index is 12.9. The summed E-state index contributed by atoms with van der Waals surface area (Å²) in [7, 11) is 0. The van der Waals surface area contributed by atoms with E-state index in [0.717, 1.165) is 89.0 Å². The lowest BCUT2D eigenvalue weighted by molar-refractivity contribution is 0.478. The number of aryl methyl sites for hydroxylation is 4. The first-order chi connectivity index (χ1) is 37.9. The average Bonchev–Trinajstić information content (AvgIpc) is 3.75. The van der Waals surface area contributed by atoms with E-state index in [4.69, 9.17) is 4.42 Å². The van der Waals surface area contributed by atoms with Gasteiger partial charge in [0.1, 0.15) is 11.3 Å². The van der Waals surface area contributed by atoms with Crippen LogP contribution in [-0.4, -0.2) is 5.11 Å². The molecule has 1 aromatic heterocycles. The summed E-state index contributed by atoms with van der Waals surface area (Å²) in [5.41, 5.74) is 21.0. The second kappa shape index (κ2) is 19.2. The minimum Gasteiger partial charge on any atom is -0.505 e. The van der Waals surface area contributed by atoms with E-state index in [1.807, 2.05) is 6.07 Å². The molecule has 0 aliphatic rings. The number of para-hydroxylation sites is 3. The van der Waals surface area contributed by atoms with Crippen LogP contribution in [0, 0.1) is 27.7 Å². The van der Waals surface area contributed by atoms with Crippen LogP contribution in [0.4, 0.5) is 34.1 Å². The molecule has 78 heavy (non-hydrogen) atoms. The molecule has 4 nitrogen and oxygen atoms in total. The van der Waals surface area contributed by atoms with E-state index in [9.17, 15) is 5.11 Å². The number of rotatable bonds is 11. The van der Waals surface area contributed by atoms with E-state index in [1.165, 1.54) is 60.5 Å². The smallest absolute Gasteiger partial charge is 0.159 e. The van der Waals surface area contributed by atoms with Gasteiger partial charge >= 0.3 is 0 Å². The fourth-order valence-electron chi connectivity index (χ4n) is 12.4. The molecule has 0 saturated heterocycles. The van der Waals surface area contributed by atoms with E-state index in [1.54, 1.807) is 0 Å². The molecule has 380 valence electrons. The van der Waals surface area contributed by atoms with Gasteiger partial charge in [-0.2, -0.15) is 0 Å². The van der Waals surface area contributed by atoms with Crippen LogP contribution in [0.15, 0.2) is 217 Å². The maximum Gasteiger partial charge on any atom is 0.159 e. The highest BCUT2D eigenvalue weighted by Crippen LogP contribution is 2.54. The third kappa shape index (κ3) is 7.97. The van der Waals surface area contributed by atoms with E-state index in [-0.39, 0.29) is 17.6 Å². The molecule has 0 bridgehead atoms. The van der Waals surface area contributed by atoms with E-state index >= 15 is 0 Å². The average molecular weight is 1010 g/mol. The zero-order valence-corrected chi connectivity index (χ0v) is 45.6. The lowest BCUT2D eigenvalue weighted by Crippen LogP contribution is -2.13. The number of anilines is 6. The number of hydrogen-bond donors (Lipinski definition) is 1. The molecular formula is C74H62N2O2. The topological polar surface area (TPSA) is 39.9 Å². The Kier molecular flexibility index (Phi) is 11.9. The van der Waals surface area contributed by atoms with Gasteiger partial charge in [0.25, 0.3) is 0 Å². The highest BCUT2D eigenvalue weighted by atomic mass is 16.3. The summed E-state index contributed by atoms with van der Waals surface area (Å²) in [6.07, 6.45) is 0. The molecule has 13 rings (SSSR count). The van der Waals surface area contributed by atoms with Crippen molar-refractivity contribution in [1.82, 2.24) is 0 Å². The first-order valence-corrected chi connectivity index (χ1v) is 27.4. The Morgan fingerprint density at radius 2 is 0.795 bits per heavy atom. The van der Waals surface area contributed by atoms with Gasteiger partial charge in [-0.25, -0.2) is 0 Å². The molecule has 0 amide bonds. The maximum absolute atomic E-state index is 12.9. The minimum absolute atomic E-state index is 0.180. The summed E-state index contributed by atoms with van der Waals surface area (Å²) in [5, 5.41) is 22.3. The molecule has 0 unspecified atom stereocenters. The van der Waals surface area contributed by atoms with Crippen LogP contribution in [0.5, 0.6) is 5.75 Å². The molecule has 12 aromatic carbocycles. The van der Waals surface area contributed by atoms with Gasteiger partial charge in [-0.15, -0.1) is 0 Å². The van der Waals surface area contributed by atoms with Crippen molar-refractivity contribution >= 4 is 88.4 Å². The number of furan rings is 1. The summed E-state index contributed by atoms with van der Waals surface area (Å²) >= 11 is 0. The number of aromatic hydroxyl groups is 1. The van der Waals surface area contributed by atoms with Crippen LogP contribution in [0.1, 0.15) is 72.9 Å². The van der Waals surface area contributed by atoms with E-state index in [0.29, 0.717) is 5.69 Å². The number of phenolic OH excluding ortho intramolecular Hbond substituents is 1. The molecule has 4 heteroatoms. The van der Waals surface area contributed by atoms with Crippen LogP contribution in [-0.2, 0) is 0 Å². The number of fused-ring (bicyclic) bond motifs is 3. The third-order valence-corrected chi connectivity index (χ3v) is 16.2. The van der Waals surface area contributed by atoms with Gasteiger partial charge in [0.15, 0.2) is 5.58 Å².